The van der Waals surface area contributed by atoms with Gasteiger partial charge in [-0.25, -0.2) is 14.4 Å². The molecule has 7 heteroatoms. The van der Waals surface area contributed by atoms with E-state index in [1.54, 1.807) is 0 Å². The first kappa shape index (κ1) is 13.7. The summed E-state index contributed by atoms with van der Waals surface area (Å²) in [5.41, 5.74) is 0. The predicted octanol–water partition coefficient (Wildman–Crippen LogP) is 0.0768. The third-order valence-corrected chi connectivity index (χ3v) is 1.27. The number of carbonyl (C=O) groups excluding carboxylic acids is 3. The second-order valence-electron chi connectivity index (χ2n) is 2.58. The SMILES string of the molecule is C=CCNC(=O)NC(=O)NC(=O)NCC=C. The first-order chi connectivity index (χ1) is 7.60. The third-order valence-electron chi connectivity index (χ3n) is 1.27. The van der Waals surface area contributed by atoms with Crippen LogP contribution in [-0.2, 0) is 0 Å². The van der Waals surface area contributed by atoms with Crippen molar-refractivity contribution in [1.82, 2.24) is 21.3 Å². The molecule has 88 valence electrons. The third kappa shape index (κ3) is 7.13. The van der Waals surface area contributed by atoms with Gasteiger partial charge in [0.05, 0.1) is 0 Å². The van der Waals surface area contributed by atoms with Gasteiger partial charge in [0, 0.05) is 13.1 Å². The van der Waals surface area contributed by atoms with Gasteiger partial charge in [-0.05, 0) is 0 Å². The Bertz CT molecular complexity index is 273. The van der Waals surface area contributed by atoms with Gasteiger partial charge < -0.3 is 10.6 Å². The summed E-state index contributed by atoms with van der Waals surface area (Å²) < 4.78 is 0. The summed E-state index contributed by atoms with van der Waals surface area (Å²) in [6.45, 7) is 7.20. The lowest BCUT2D eigenvalue weighted by Crippen LogP contribution is -2.49. The largest absolute Gasteiger partial charge is 0.334 e. The highest BCUT2D eigenvalue weighted by molar-refractivity contribution is 6.01. The molecule has 6 amide bonds. The van der Waals surface area contributed by atoms with Crippen molar-refractivity contribution in [2.45, 2.75) is 0 Å². The molecule has 0 saturated carbocycles. The Kier molecular flexibility index (Phi) is 6.88. The van der Waals surface area contributed by atoms with Crippen LogP contribution < -0.4 is 21.3 Å². The molecule has 0 spiro atoms. The van der Waals surface area contributed by atoms with Crippen LogP contribution in [0.4, 0.5) is 14.4 Å². The topological polar surface area (TPSA) is 99.3 Å². The highest BCUT2D eigenvalue weighted by Crippen LogP contribution is 1.71. The summed E-state index contributed by atoms with van der Waals surface area (Å²) in [5.74, 6) is 0. The Morgan fingerprint density at radius 1 is 0.812 bits per heavy atom. The number of hydrogen-bond donors (Lipinski definition) is 4. The highest BCUT2D eigenvalue weighted by Gasteiger charge is 2.09. The number of nitrogens with one attached hydrogen (secondary N) is 4. The second-order valence-corrected chi connectivity index (χ2v) is 2.58. The molecule has 0 heterocycles. The second kappa shape index (κ2) is 8.04. The van der Waals surface area contributed by atoms with Crippen LogP contribution in [0.3, 0.4) is 0 Å². The molecular formula is C9H14N4O3. The van der Waals surface area contributed by atoms with E-state index in [4.69, 9.17) is 0 Å². The zero-order valence-corrected chi connectivity index (χ0v) is 8.71. The van der Waals surface area contributed by atoms with Crippen LogP contribution in [-0.4, -0.2) is 31.2 Å². The molecule has 0 aromatic rings. The lowest BCUT2D eigenvalue weighted by molar-refractivity contribution is 0.222. The van der Waals surface area contributed by atoms with Gasteiger partial charge in [-0.15, -0.1) is 13.2 Å². The molecular weight excluding hydrogens is 212 g/mol. The standard InChI is InChI=1S/C9H14N4O3/c1-3-5-10-7(14)12-9(16)13-8(15)11-6-4-2/h3-4H,1-2,5-6H2,(H4,10,11,12,13,14,15,16). The van der Waals surface area contributed by atoms with E-state index in [0.717, 1.165) is 0 Å². The van der Waals surface area contributed by atoms with Crippen molar-refractivity contribution in [3.05, 3.63) is 25.3 Å². The van der Waals surface area contributed by atoms with Gasteiger partial charge >= 0.3 is 18.1 Å². The minimum Gasteiger partial charge on any atom is -0.334 e. The van der Waals surface area contributed by atoms with E-state index in [0.29, 0.717) is 0 Å². The van der Waals surface area contributed by atoms with Crippen LogP contribution in [0.2, 0.25) is 0 Å². The van der Waals surface area contributed by atoms with Crippen molar-refractivity contribution in [1.29, 1.82) is 0 Å². The Balaban J connectivity index is 3.80. The molecule has 0 aliphatic carbocycles. The summed E-state index contributed by atoms with van der Waals surface area (Å²) in [6.07, 6.45) is 2.91. The average molecular weight is 226 g/mol. The van der Waals surface area contributed by atoms with Crippen LogP contribution in [0.15, 0.2) is 25.3 Å². The summed E-state index contributed by atoms with van der Waals surface area (Å²) in [5, 5.41) is 8.38. The van der Waals surface area contributed by atoms with Crippen LogP contribution in [0.25, 0.3) is 0 Å². The van der Waals surface area contributed by atoms with E-state index in [1.807, 2.05) is 10.6 Å². The summed E-state index contributed by atoms with van der Waals surface area (Å²) in [4.78, 5) is 32.9. The van der Waals surface area contributed by atoms with Crippen molar-refractivity contribution in [3.63, 3.8) is 0 Å². The average Bonchev–Trinajstić information content (AvgIpc) is 2.23. The zero-order valence-electron chi connectivity index (χ0n) is 8.71. The molecule has 0 aliphatic rings. The van der Waals surface area contributed by atoms with E-state index in [9.17, 15) is 14.4 Å². The Labute approximate surface area is 93.0 Å². The van der Waals surface area contributed by atoms with E-state index in [-0.39, 0.29) is 13.1 Å². The zero-order chi connectivity index (χ0) is 12.4. The Hall–Kier alpha value is -2.31. The van der Waals surface area contributed by atoms with Crippen molar-refractivity contribution in [2.75, 3.05) is 13.1 Å². The smallest absolute Gasteiger partial charge is 0.330 e. The van der Waals surface area contributed by atoms with Gasteiger partial charge in [0.1, 0.15) is 0 Å². The van der Waals surface area contributed by atoms with Gasteiger partial charge in [0.2, 0.25) is 0 Å². The van der Waals surface area contributed by atoms with Crippen LogP contribution in [0.1, 0.15) is 0 Å². The molecule has 0 fully saturated rings. The molecule has 0 unspecified atom stereocenters. The fourth-order valence-electron chi connectivity index (χ4n) is 0.656. The molecule has 0 atom stereocenters. The van der Waals surface area contributed by atoms with Crippen LogP contribution >= 0.6 is 0 Å². The van der Waals surface area contributed by atoms with Crippen LogP contribution in [0.5, 0.6) is 0 Å². The maximum absolute atomic E-state index is 11.0. The molecule has 0 radical (unpaired) electrons. The Morgan fingerprint density at radius 3 is 1.50 bits per heavy atom. The maximum Gasteiger partial charge on any atom is 0.330 e. The minimum absolute atomic E-state index is 0.224. The van der Waals surface area contributed by atoms with Gasteiger partial charge in [-0.3, -0.25) is 10.6 Å². The lowest BCUT2D eigenvalue weighted by atomic mass is 10.6. The van der Waals surface area contributed by atoms with E-state index in [1.165, 1.54) is 12.2 Å². The summed E-state index contributed by atoms with van der Waals surface area (Å²) >= 11 is 0. The van der Waals surface area contributed by atoms with Gasteiger partial charge in [0.15, 0.2) is 0 Å². The minimum atomic E-state index is -0.914. The highest BCUT2D eigenvalue weighted by atomic mass is 16.2. The number of urea groups is 3. The summed E-state index contributed by atoms with van der Waals surface area (Å²) in [6, 6.07) is -2.34. The van der Waals surface area contributed by atoms with Crippen molar-refractivity contribution >= 4 is 18.1 Å². The predicted molar refractivity (Wildman–Crippen MR) is 58.9 cm³/mol. The van der Waals surface area contributed by atoms with Gasteiger partial charge in [0.25, 0.3) is 0 Å². The van der Waals surface area contributed by atoms with Crippen LogP contribution in [0, 0.1) is 0 Å². The monoisotopic (exact) mass is 226 g/mol. The fourth-order valence-corrected chi connectivity index (χ4v) is 0.656. The molecule has 0 rings (SSSR count). The maximum atomic E-state index is 11.0. The van der Waals surface area contributed by atoms with Crippen molar-refractivity contribution in [2.24, 2.45) is 0 Å². The molecule has 0 aromatic heterocycles. The molecule has 0 saturated heterocycles. The lowest BCUT2D eigenvalue weighted by Gasteiger charge is -2.06. The Morgan fingerprint density at radius 2 is 1.19 bits per heavy atom. The number of amides is 6. The quantitative estimate of drug-likeness (QED) is 0.511. The van der Waals surface area contributed by atoms with E-state index in [2.05, 4.69) is 23.8 Å². The molecule has 0 aromatic carbocycles. The van der Waals surface area contributed by atoms with E-state index < -0.39 is 18.1 Å². The first-order valence-corrected chi connectivity index (χ1v) is 4.45. The number of rotatable bonds is 4. The van der Waals surface area contributed by atoms with Crippen molar-refractivity contribution in [3.8, 4) is 0 Å². The number of imide groups is 2. The molecule has 7 nitrogen and oxygen atoms in total. The molecule has 0 bridgehead atoms. The molecule has 16 heavy (non-hydrogen) atoms. The fraction of sp³-hybridized carbons (Fsp3) is 0.222. The summed E-state index contributed by atoms with van der Waals surface area (Å²) in [7, 11) is 0. The van der Waals surface area contributed by atoms with Gasteiger partial charge in [-0.2, -0.15) is 0 Å². The number of carbonyl (C=O) groups is 3. The van der Waals surface area contributed by atoms with E-state index >= 15 is 0 Å². The first-order valence-electron chi connectivity index (χ1n) is 4.45. The molecule has 4 N–H and O–H groups in total. The molecule has 0 aliphatic heterocycles. The van der Waals surface area contributed by atoms with Crippen molar-refractivity contribution < 1.29 is 14.4 Å². The van der Waals surface area contributed by atoms with Gasteiger partial charge in [-0.1, -0.05) is 12.2 Å². The number of hydrogen-bond acceptors (Lipinski definition) is 3. The normalized spacial score (nSPS) is 8.50.